The van der Waals surface area contributed by atoms with Crippen LogP contribution in [0.4, 0.5) is 0 Å². The molecule has 1 atom stereocenters. The summed E-state index contributed by atoms with van der Waals surface area (Å²) in [4.78, 5) is 0. The SMILES string of the molecule is CS(=O)(=O)NCC1(O)CCc2ccccc2C1. The van der Waals surface area contributed by atoms with E-state index in [0.717, 1.165) is 18.2 Å². The Labute approximate surface area is 102 Å². The molecule has 0 fully saturated rings. The Morgan fingerprint density at radius 1 is 1.35 bits per heavy atom. The van der Waals surface area contributed by atoms with Gasteiger partial charge in [0, 0.05) is 13.0 Å². The maximum absolute atomic E-state index is 11.0. The van der Waals surface area contributed by atoms with Gasteiger partial charge < -0.3 is 5.11 Å². The second-order valence-corrected chi connectivity index (χ2v) is 6.60. The molecule has 0 amide bonds. The molecule has 4 nitrogen and oxygen atoms in total. The molecule has 5 heteroatoms. The molecule has 0 bridgehead atoms. The molecule has 1 aliphatic carbocycles. The van der Waals surface area contributed by atoms with Crippen molar-refractivity contribution in [2.24, 2.45) is 0 Å². The fourth-order valence-corrected chi connectivity index (χ4v) is 2.73. The van der Waals surface area contributed by atoms with E-state index in [1.165, 1.54) is 5.56 Å². The highest BCUT2D eigenvalue weighted by Crippen LogP contribution is 2.28. The van der Waals surface area contributed by atoms with E-state index < -0.39 is 15.6 Å². The van der Waals surface area contributed by atoms with E-state index in [4.69, 9.17) is 0 Å². The number of sulfonamides is 1. The Bertz CT molecular complexity index is 512. The smallest absolute Gasteiger partial charge is 0.208 e. The number of aryl methyl sites for hydroxylation is 1. The summed E-state index contributed by atoms with van der Waals surface area (Å²) in [5, 5.41) is 10.4. The molecule has 0 spiro atoms. The first-order valence-corrected chi connectivity index (χ1v) is 7.51. The lowest BCUT2D eigenvalue weighted by Gasteiger charge is -2.33. The minimum absolute atomic E-state index is 0.0835. The molecule has 0 heterocycles. The molecule has 0 aromatic heterocycles. The molecule has 17 heavy (non-hydrogen) atoms. The fraction of sp³-hybridized carbons (Fsp3) is 0.500. The highest BCUT2D eigenvalue weighted by Gasteiger charge is 2.32. The second-order valence-electron chi connectivity index (χ2n) is 4.76. The Hall–Kier alpha value is -0.910. The van der Waals surface area contributed by atoms with Gasteiger partial charge in [-0.2, -0.15) is 0 Å². The van der Waals surface area contributed by atoms with Crippen molar-refractivity contribution < 1.29 is 13.5 Å². The monoisotopic (exact) mass is 255 g/mol. The third-order valence-electron chi connectivity index (χ3n) is 3.16. The zero-order chi connectivity index (χ0) is 12.5. The van der Waals surface area contributed by atoms with Crippen LogP contribution < -0.4 is 4.72 Å². The van der Waals surface area contributed by atoms with E-state index in [2.05, 4.69) is 10.8 Å². The van der Waals surface area contributed by atoms with Crippen molar-refractivity contribution in [2.75, 3.05) is 12.8 Å². The van der Waals surface area contributed by atoms with Gasteiger partial charge in [0.1, 0.15) is 0 Å². The Morgan fingerprint density at radius 2 is 2.00 bits per heavy atom. The highest BCUT2D eigenvalue weighted by molar-refractivity contribution is 7.88. The molecule has 94 valence electrons. The molecule has 1 aromatic rings. The van der Waals surface area contributed by atoms with Gasteiger partial charge in [-0.15, -0.1) is 0 Å². The average Bonchev–Trinajstić information content (AvgIpc) is 2.26. The molecule has 1 aliphatic rings. The summed E-state index contributed by atoms with van der Waals surface area (Å²) in [6.07, 6.45) is 2.99. The first kappa shape index (κ1) is 12.5. The quantitative estimate of drug-likeness (QED) is 0.824. The average molecular weight is 255 g/mol. The van der Waals surface area contributed by atoms with Crippen molar-refractivity contribution in [1.82, 2.24) is 4.72 Å². The van der Waals surface area contributed by atoms with Crippen LogP contribution in [0.2, 0.25) is 0 Å². The number of benzene rings is 1. The van der Waals surface area contributed by atoms with Gasteiger partial charge in [0.2, 0.25) is 10.0 Å². The molecule has 1 unspecified atom stereocenters. The van der Waals surface area contributed by atoms with Crippen LogP contribution in [0.25, 0.3) is 0 Å². The zero-order valence-corrected chi connectivity index (χ0v) is 10.6. The van der Waals surface area contributed by atoms with Gasteiger partial charge in [-0.05, 0) is 24.0 Å². The Balaban J connectivity index is 2.10. The summed E-state index contributed by atoms with van der Waals surface area (Å²) in [6.45, 7) is 0.0835. The summed E-state index contributed by atoms with van der Waals surface area (Å²) in [7, 11) is -3.25. The second kappa shape index (κ2) is 4.40. The van der Waals surface area contributed by atoms with Crippen LogP contribution in [0.5, 0.6) is 0 Å². The van der Waals surface area contributed by atoms with Gasteiger partial charge in [-0.1, -0.05) is 24.3 Å². The number of hydrogen-bond acceptors (Lipinski definition) is 3. The number of hydrogen-bond donors (Lipinski definition) is 2. The lowest BCUT2D eigenvalue weighted by Crippen LogP contribution is -2.46. The van der Waals surface area contributed by atoms with Crippen LogP contribution in [0.3, 0.4) is 0 Å². The van der Waals surface area contributed by atoms with Crippen LogP contribution in [-0.4, -0.2) is 31.9 Å². The van der Waals surface area contributed by atoms with Crippen molar-refractivity contribution in [1.29, 1.82) is 0 Å². The maximum atomic E-state index is 11.0. The van der Waals surface area contributed by atoms with E-state index in [-0.39, 0.29) is 6.54 Å². The first-order chi connectivity index (χ1) is 7.88. The molecule has 0 saturated heterocycles. The largest absolute Gasteiger partial charge is 0.388 e. The van der Waals surface area contributed by atoms with Gasteiger partial charge in [0.15, 0.2) is 0 Å². The number of aliphatic hydroxyl groups is 1. The van der Waals surface area contributed by atoms with Gasteiger partial charge in [-0.25, -0.2) is 13.1 Å². The van der Waals surface area contributed by atoms with E-state index in [1.54, 1.807) is 0 Å². The van der Waals surface area contributed by atoms with Gasteiger partial charge in [0.25, 0.3) is 0 Å². The predicted octanol–water partition coefficient (Wildman–Crippen LogP) is 0.456. The van der Waals surface area contributed by atoms with Crippen LogP contribution in [0.15, 0.2) is 24.3 Å². The molecule has 1 aromatic carbocycles. The molecule has 2 rings (SSSR count). The minimum Gasteiger partial charge on any atom is -0.388 e. The molecule has 0 radical (unpaired) electrons. The summed E-state index contributed by atoms with van der Waals surface area (Å²) in [6, 6.07) is 7.96. The first-order valence-electron chi connectivity index (χ1n) is 5.62. The molecule has 0 aliphatic heterocycles. The van der Waals surface area contributed by atoms with E-state index in [0.29, 0.717) is 12.8 Å². The van der Waals surface area contributed by atoms with E-state index >= 15 is 0 Å². The summed E-state index contributed by atoms with van der Waals surface area (Å²) in [5.41, 5.74) is 1.39. The van der Waals surface area contributed by atoms with E-state index in [9.17, 15) is 13.5 Å². The third kappa shape index (κ3) is 3.28. The molecule has 2 N–H and O–H groups in total. The van der Waals surface area contributed by atoms with Crippen molar-refractivity contribution in [3.8, 4) is 0 Å². The van der Waals surface area contributed by atoms with Crippen molar-refractivity contribution >= 4 is 10.0 Å². The third-order valence-corrected chi connectivity index (χ3v) is 3.83. The number of nitrogens with one attached hydrogen (secondary N) is 1. The number of fused-ring (bicyclic) bond motifs is 1. The van der Waals surface area contributed by atoms with Crippen LogP contribution in [0.1, 0.15) is 17.5 Å². The van der Waals surface area contributed by atoms with Crippen LogP contribution >= 0.6 is 0 Å². The van der Waals surface area contributed by atoms with Gasteiger partial charge in [0.05, 0.1) is 11.9 Å². The maximum Gasteiger partial charge on any atom is 0.208 e. The lowest BCUT2D eigenvalue weighted by atomic mass is 9.80. The van der Waals surface area contributed by atoms with Gasteiger partial charge in [-0.3, -0.25) is 0 Å². The zero-order valence-electron chi connectivity index (χ0n) is 9.81. The van der Waals surface area contributed by atoms with E-state index in [1.807, 2.05) is 18.2 Å². The van der Waals surface area contributed by atoms with Crippen LogP contribution in [-0.2, 0) is 22.9 Å². The fourth-order valence-electron chi connectivity index (χ4n) is 2.20. The summed E-state index contributed by atoms with van der Waals surface area (Å²) >= 11 is 0. The minimum atomic E-state index is -3.25. The standard InChI is InChI=1S/C12H17NO3S/c1-17(15,16)13-9-12(14)7-6-10-4-2-3-5-11(10)8-12/h2-5,13-14H,6-9H2,1H3. The molecular formula is C12H17NO3S. The lowest BCUT2D eigenvalue weighted by molar-refractivity contribution is 0.0318. The highest BCUT2D eigenvalue weighted by atomic mass is 32.2. The summed E-state index contributed by atoms with van der Waals surface area (Å²) < 4.78 is 24.5. The van der Waals surface area contributed by atoms with Gasteiger partial charge >= 0.3 is 0 Å². The summed E-state index contributed by atoms with van der Waals surface area (Å²) in [5.74, 6) is 0. The topological polar surface area (TPSA) is 66.4 Å². The predicted molar refractivity (Wildman–Crippen MR) is 66.3 cm³/mol. The Morgan fingerprint density at radius 3 is 2.65 bits per heavy atom. The normalized spacial score (nSPS) is 24.4. The van der Waals surface area contributed by atoms with Crippen molar-refractivity contribution in [2.45, 2.75) is 24.9 Å². The van der Waals surface area contributed by atoms with Crippen molar-refractivity contribution in [3.63, 3.8) is 0 Å². The van der Waals surface area contributed by atoms with Crippen molar-refractivity contribution in [3.05, 3.63) is 35.4 Å². The van der Waals surface area contributed by atoms with Crippen LogP contribution in [0, 0.1) is 0 Å². The molecule has 0 saturated carbocycles. The Kier molecular flexibility index (Phi) is 3.25. The number of rotatable bonds is 3. The molecular weight excluding hydrogens is 238 g/mol.